The van der Waals surface area contributed by atoms with E-state index in [2.05, 4.69) is 4.52 Å². The van der Waals surface area contributed by atoms with Gasteiger partial charge in [0, 0.05) is 19.5 Å². The molecule has 1 aliphatic rings. The molecule has 1 saturated heterocycles. The predicted octanol–water partition coefficient (Wildman–Crippen LogP) is 4.30. The molecule has 29 heavy (non-hydrogen) atoms. The SMILES string of the molecule is O=C(CCCCCCCCc1cccc(C(F)(F)F)c1)N1CC(OP(=O)(O)O)C1. The monoisotopic (exact) mass is 437 g/mol. The number of carbonyl (C=O) groups is 1. The van der Waals surface area contributed by atoms with Crippen LogP contribution in [0.1, 0.15) is 56.1 Å². The fourth-order valence-corrected chi connectivity index (χ4v) is 3.80. The highest BCUT2D eigenvalue weighted by Crippen LogP contribution is 2.39. The number of rotatable bonds is 11. The largest absolute Gasteiger partial charge is 0.469 e. The lowest BCUT2D eigenvalue weighted by Crippen LogP contribution is -2.54. The van der Waals surface area contributed by atoms with Gasteiger partial charge in [-0.1, -0.05) is 43.9 Å². The van der Waals surface area contributed by atoms with E-state index in [4.69, 9.17) is 9.79 Å². The van der Waals surface area contributed by atoms with Crippen LogP contribution in [0.5, 0.6) is 0 Å². The van der Waals surface area contributed by atoms with Gasteiger partial charge in [0.25, 0.3) is 0 Å². The van der Waals surface area contributed by atoms with Crippen LogP contribution in [0, 0.1) is 0 Å². The second-order valence-electron chi connectivity index (χ2n) is 7.34. The van der Waals surface area contributed by atoms with Gasteiger partial charge in [-0.05, 0) is 30.9 Å². The third-order valence-electron chi connectivity index (χ3n) is 4.85. The van der Waals surface area contributed by atoms with Crippen molar-refractivity contribution in [2.24, 2.45) is 0 Å². The average Bonchev–Trinajstić information content (AvgIpc) is 2.58. The summed E-state index contributed by atoms with van der Waals surface area (Å²) in [7, 11) is -4.50. The Hall–Kier alpha value is -1.41. The topological polar surface area (TPSA) is 87.1 Å². The molecule has 0 saturated carbocycles. The smallest absolute Gasteiger partial charge is 0.337 e. The number of likely N-dealkylation sites (tertiary alicyclic amines) is 1. The molecule has 0 bridgehead atoms. The Labute approximate surface area is 168 Å². The lowest BCUT2D eigenvalue weighted by molar-refractivity contribution is -0.141. The second-order valence-corrected chi connectivity index (χ2v) is 8.53. The minimum atomic E-state index is -4.50. The van der Waals surface area contributed by atoms with Crippen LogP contribution in [0.2, 0.25) is 0 Å². The Bertz CT molecular complexity index is 716. The summed E-state index contributed by atoms with van der Waals surface area (Å²) in [6.45, 7) is 0.416. The highest BCUT2D eigenvalue weighted by Gasteiger charge is 2.35. The molecule has 1 amide bonds. The molecule has 0 spiro atoms. The van der Waals surface area contributed by atoms with E-state index < -0.39 is 25.7 Å². The summed E-state index contributed by atoms with van der Waals surface area (Å²) in [5, 5.41) is 0. The van der Waals surface area contributed by atoms with Gasteiger partial charge < -0.3 is 14.7 Å². The molecule has 1 heterocycles. The van der Waals surface area contributed by atoms with Gasteiger partial charge in [0.2, 0.25) is 5.91 Å². The molecule has 1 aliphatic heterocycles. The molecule has 2 N–H and O–H groups in total. The molecule has 0 radical (unpaired) electrons. The van der Waals surface area contributed by atoms with Crippen molar-refractivity contribution >= 4 is 13.7 Å². The van der Waals surface area contributed by atoms with E-state index in [1.165, 1.54) is 17.0 Å². The van der Waals surface area contributed by atoms with Crippen LogP contribution in [-0.4, -0.2) is 39.8 Å². The lowest BCUT2D eigenvalue weighted by Gasteiger charge is -2.38. The van der Waals surface area contributed by atoms with Gasteiger partial charge in [-0.2, -0.15) is 13.2 Å². The molecule has 0 unspecified atom stereocenters. The Morgan fingerprint density at radius 3 is 2.34 bits per heavy atom. The number of benzene rings is 1. The first-order valence-corrected chi connectivity index (χ1v) is 11.3. The summed E-state index contributed by atoms with van der Waals surface area (Å²) < 4.78 is 53.2. The van der Waals surface area contributed by atoms with E-state index in [0.717, 1.165) is 44.6 Å². The summed E-state index contributed by atoms with van der Waals surface area (Å²) >= 11 is 0. The van der Waals surface area contributed by atoms with Gasteiger partial charge in [0.1, 0.15) is 6.10 Å². The number of unbranched alkanes of at least 4 members (excludes halogenated alkanes) is 5. The van der Waals surface area contributed by atoms with E-state index in [0.29, 0.717) is 18.4 Å². The van der Waals surface area contributed by atoms with Crippen molar-refractivity contribution in [3.05, 3.63) is 35.4 Å². The van der Waals surface area contributed by atoms with Crippen LogP contribution in [-0.2, 0) is 26.5 Å². The first-order valence-electron chi connectivity index (χ1n) is 9.72. The number of amides is 1. The van der Waals surface area contributed by atoms with Gasteiger partial charge in [0.05, 0.1) is 5.56 Å². The molecular formula is C19H27F3NO5P. The van der Waals surface area contributed by atoms with Crippen molar-refractivity contribution < 1.29 is 36.8 Å². The van der Waals surface area contributed by atoms with E-state index >= 15 is 0 Å². The molecule has 6 nitrogen and oxygen atoms in total. The summed E-state index contributed by atoms with van der Waals surface area (Å²) in [5.41, 5.74) is 0.0856. The van der Waals surface area contributed by atoms with E-state index in [-0.39, 0.29) is 19.0 Å². The molecule has 2 rings (SSSR count). The van der Waals surface area contributed by atoms with Crippen molar-refractivity contribution in [1.82, 2.24) is 4.90 Å². The standard InChI is InChI=1S/C19H27F3NO5P/c20-19(21,22)16-10-7-9-15(12-16)8-5-3-1-2-4-6-11-18(24)23-13-17(14-23)28-29(25,26)27/h7,9-10,12,17H,1-6,8,11,13-14H2,(H2,25,26,27). The van der Waals surface area contributed by atoms with Crippen LogP contribution in [0.3, 0.4) is 0 Å². The van der Waals surface area contributed by atoms with Gasteiger partial charge in [0.15, 0.2) is 0 Å². The highest BCUT2D eigenvalue weighted by molar-refractivity contribution is 7.46. The van der Waals surface area contributed by atoms with Crippen LogP contribution in [0.4, 0.5) is 13.2 Å². The zero-order valence-corrected chi connectivity index (χ0v) is 17.0. The molecule has 0 aliphatic carbocycles. The normalized spacial score (nSPS) is 15.4. The number of hydrogen-bond acceptors (Lipinski definition) is 3. The lowest BCUT2D eigenvalue weighted by atomic mass is 10.0. The number of phosphoric acid groups is 1. The Kier molecular flexibility index (Phi) is 8.70. The van der Waals surface area contributed by atoms with Gasteiger partial charge >= 0.3 is 14.0 Å². The number of halogens is 3. The number of aryl methyl sites for hydroxylation is 1. The van der Waals surface area contributed by atoms with Crippen molar-refractivity contribution in [2.45, 2.75) is 63.6 Å². The third kappa shape index (κ3) is 8.86. The molecule has 164 valence electrons. The second kappa shape index (κ2) is 10.6. The number of phosphoric ester groups is 1. The average molecular weight is 437 g/mol. The van der Waals surface area contributed by atoms with Gasteiger partial charge in [-0.15, -0.1) is 0 Å². The molecule has 1 fully saturated rings. The van der Waals surface area contributed by atoms with Crippen LogP contribution < -0.4 is 0 Å². The van der Waals surface area contributed by atoms with Crippen LogP contribution >= 0.6 is 7.82 Å². The van der Waals surface area contributed by atoms with Gasteiger partial charge in [-0.3, -0.25) is 9.32 Å². The van der Waals surface area contributed by atoms with Crippen molar-refractivity contribution in [1.29, 1.82) is 0 Å². The van der Waals surface area contributed by atoms with Crippen molar-refractivity contribution in [3.8, 4) is 0 Å². The van der Waals surface area contributed by atoms with E-state index in [9.17, 15) is 22.5 Å². The third-order valence-corrected chi connectivity index (χ3v) is 5.42. The maximum Gasteiger partial charge on any atom is 0.469 e. The first kappa shape index (κ1) is 23.9. The highest BCUT2D eigenvalue weighted by atomic mass is 31.2. The number of hydrogen-bond donors (Lipinski definition) is 2. The molecule has 1 aromatic rings. The van der Waals surface area contributed by atoms with E-state index in [1.54, 1.807) is 6.07 Å². The fourth-order valence-electron chi connectivity index (χ4n) is 3.28. The van der Waals surface area contributed by atoms with Crippen molar-refractivity contribution in [3.63, 3.8) is 0 Å². The Morgan fingerprint density at radius 1 is 1.10 bits per heavy atom. The van der Waals surface area contributed by atoms with Crippen LogP contribution in [0.15, 0.2) is 24.3 Å². The Morgan fingerprint density at radius 2 is 1.72 bits per heavy atom. The first-order chi connectivity index (χ1) is 13.5. The number of alkyl halides is 3. The number of carbonyl (C=O) groups excluding carboxylic acids is 1. The molecule has 10 heteroatoms. The fraction of sp³-hybridized carbons (Fsp3) is 0.632. The minimum absolute atomic E-state index is 0.0416. The number of nitrogens with zero attached hydrogens (tertiary/aromatic N) is 1. The predicted molar refractivity (Wildman–Crippen MR) is 101 cm³/mol. The summed E-state index contributed by atoms with van der Waals surface area (Å²) in [6.07, 6.45) is 1.43. The van der Waals surface area contributed by atoms with Crippen LogP contribution in [0.25, 0.3) is 0 Å². The zero-order chi connectivity index (χ0) is 21.5. The summed E-state index contributed by atoms with van der Waals surface area (Å²) in [4.78, 5) is 30.8. The Balaban J connectivity index is 1.49. The van der Waals surface area contributed by atoms with Crippen molar-refractivity contribution in [2.75, 3.05) is 13.1 Å². The minimum Gasteiger partial charge on any atom is -0.337 e. The summed E-state index contributed by atoms with van der Waals surface area (Å²) in [5.74, 6) is -0.0416. The van der Waals surface area contributed by atoms with E-state index in [1.807, 2.05) is 0 Å². The molecule has 1 aromatic carbocycles. The zero-order valence-electron chi connectivity index (χ0n) is 16.1. The molecule has 0 atom stereocenters. The maximum atomic E-state index is 12.7. The molecule has 0 aromatic heterocycles. The van der Waals surface area contributed by atoms with Gasteiger partial charge in [-0.25, -0.2) is 4.57 Å². The quantitative estimate of drug-likeness (QED) is 0.398. The summed E-state index contributed by atoms with van der Waals surface area (Å²) in [6, 6.07) is 5.44. The molecular weight excluding hydrogens is 410 g/mol. The maximum absolute atomic E-state index is 12.7.